The van der Waals surface area contributed by atoms with Crippen molar-refractivity contribution < 1.29 is 4.79 Å². The van der Waals surface area contributed by atoms with Crippen molar-refractivity contribution >= 4 is 17.5 Å². The van der Waals surface area contributed by atoms with E-state index in [4.69, 9.17) is 11.6 Å². The van der Waals surface area contributed by atoms with E-state index in [1.807, 2.05) is 30.3 Å². The first kappa shape index (κ1) is 11.7. The Kier molecular flexibility index (Phi) is 3.15. The monoisotopic (exact) mass is 249 g/mol. The van der Waals surface area contributed by atoms with Crippen molar-refractivity contribution in [3.63, 3.8) is 0 Å². The molecular weight excluding hydrogens is 238 g/mol. The molecule has 0 fully saturated rings. The van der Waals surface area contributed by atoms with E-state index in [1.54, 1.807) is 14.1 Å². The first-order chi connectivity index (χ1) is 8.15. The van der Waals surface area contributed by atoms with Crippen LogP contribution in [0.3, 0.4) is 0 Å². The lowest BCUT2D eigenvalue weighted by atomic mass is 10.1. The van der Waals surface area contributed by atoms with Crippen molar-refractivity contribution in [1.82, 2.24) is 15.1 Å². The van der Waals surface area contributed by atoms with Crippen LogP contribution in [0.15, 0.2) is 30.3 Å². The zero-order valence-electron chi connectivity index (χ0n) is 9.57. The molecule has 4 nitrogen and oxygen atoms in total. The molecule has 0 saturated carbocycles. The van der Waals surface area contributed by atoms with E-state index in [0.717, 1.165) is 5.56 Å². The van der Waals surface area contributed by atoms with Crippen LogP contribution in [0.5, 0.6) is 0 Å². The standard InChI is InChI=1S/C12H12ClN3O/c1-14-12(17)9-10(15-16(2)11(9)13)8-6-4-3-5-7-8/h3-7H,1-2H3,(H,14,17). The third-order valence-corrected chi connectivity index (χ3v) is 2.91. The fraction of sp³-hybridized carbons (Fsp3) is 0.167. The number of benzene rings is 1. The maximum absolute atomic E-state index is 11.8. The minimum Gasteiger partial charge on any atom is -0.355 e. The Bertz CT molecular complexity index is 548. The number of carbonyl (C=O) groups is 1. The van der Waals surface area contributed by atoms with E-state index >= 15 is 0 Å². The molecule has 1 N–H and O–H groups in total. The van der Waals surface area contributed by atoms with E-state index in [9.17, 15) is 4.79 Å². The second-order valence-corrected chi connectivity index (χ2v) is 3.94. The number of carbonyl (C=O) groups excluding carboxylic acids is 1. The van der Waals surface area contributed by atoms with Gasteiger partial charge in [-0.05, 0) is 0 Å². The molecule has 0 atom stereocenters. The molecule has 17 heavy (non-hydrogen) atoms. The Morgan fingerprint density at radius 2 is 2.00 bits per heavy atom. The molecule has 5 heteroatoms. The van der Waals surface area contributed by atoms with Crippen LogP contribution < -0.4 is 5.32 Å². The lowest BCUT2D eigenvalue weighted by Crippen LogP contribution is -2.18. The summed E-state index contributed by atoms with van der Waals surface area (Å²) < 4.78 is 1.49. The topological polar surface area (TPSA) is 46.9 Å². The van der Waals surface area contributed by atoms with E-state index in [-0.39, 0.29) is 5.91 Å². The van der Waals surface area contributed by atoms with Gasteiger partial charge >= 0.3 is 0 Å². The van der Waals surface area contributed by atoms with Crippen LogP contribution in [-0.2, 0) is 7.05 Å². The Balaban J connectivity index is 2.62. The molecule has 0 saturated heterocycles. The highest BCUT2D eigenvalue weighted by Gasteiger charge is 2.21. The number of hydrogen-bond acceptors (Lipinski definition) is 2. The van der Waals surface area contributed by atoms with Crippen LogP contribution in [0.4, 0.5) is 0 Å². The molecular formula is C12H12ClN3O. The number of nitrogens with zero attached hydrogens (tertiary/aromatic N) is 2. The number of halogens is 1. The largest absolute Gasteiger partial charge is 0.355 e. The molecule has 0 aliphatic carbocycles. The van der Waals surface area contributed by atoms with Crippen molar-refractivity contribution in [2.24, 2.45) is 7.05 Å². The van der Waals surface area contributed by atoms with Gasteiger partial charge in [0.2, 0.25) is 0 Å². The Morgan fingerprint density at radius 1 is 1.35 bits per heavy atom. The molecule has 88 valence electrons. The molecule has 1 aromatic carbocycles. The number of aromatic nitrogens is 2. The van der Waals surface area contributed by atoms with Crippen molar-refractivity contribution in [2.45, 2.75) is 0 Å². The van der Waals surface area contributed by atoms with Crippen molar-refractivity contribution in [2.75, 3.05) is 7.05 Å². The number of amides is 1. The highest BCUT2D eigenvalue weighted by Crippen LogP contribution is 2.27. The van der Waals surface area contributed by atoms with Crippen LogP contribution >= 0.6 is 11.6 Å². The predicted molar refractivity (Wildman–Crippen MR) is 67.0 cm³/mol. The summed E-state index contributed by atoms with van der Waals surface area (Å²) >= 11 is 6.08. The van der Waals surface area contributed by atoms with Gasteiger partial charge in [0.15, 0.2) is 0 Å². The molecule has 2 aromatic rings. The Labute approximate surface area is 104 Å². The minimum absolute atomic E-state index is 0.234. The van der Waals surface area contributed by atoms with Gasteiger partial charge in [0, 0.05) is 19.7 Å². The molecule has 0 radical (unpaired) electrons. The summed E-state index contributed by atoms with van der Waals surface area (Å²) in [5.41, 5.74) is 1.87. The Hall–Kier alpha value is -1.81. The number of hydrogen-bond donors (Lipinski definition) is 1. The highest BCUT2D eigenvalue weighted by molar-refractivity contribution is 6.33. The van der Waals surface area contributed by atoms with Gasteiger partial charge in [-0.25, -0.2) is 0 Å². The second-order valence-electron chi connectivity index (χ2n) is 3.58. The summed E-state index contributed by atoms with van der Waals surface area (Å²) in [7, 11) is 3.28. The molecule has 0 unspecified atom stereocenters. The van der Waals surface area contributed by atoms with Crippen LogP contribution in [0.25, 0.3) is 11.3 Å². The number of rotatable bonds is 2. The quantitative estimate of drug-likeness (QED) is 0.886. The fourth-order valence-electron chi connectivity index (χ4n) is 1.63. The molecule has 0 spiro atoms. The van der Waals surface area contributed by atoms with E-state index in [1.165, 1.54) is 4.68 Å². The Morgan fingerprint density at radius 3 is 2.59 bits per heavy atom. The molecule has 0 aliphatic rings. The average Bonchev–Trinajstić information content (AvgIpc) is 2.66. The van der Waals surface area contributed by atoms with Gasteiger partial charge in [0.05, 0.1) is 0 Å². The summed E-state index contributed by atoms with van der Waals surface area (Å²) in [5.74, 6) is -0.234. The zero-order chi connectivity index (χ0) is 12.4. The van der Waals surface area contributed by atoms with Crippen LogP contribution in [-0.4, -0.2) is 22.7 Å². The van der Waals surface area contributed by atoms with E-state index < -0.39 is 0 Å². The SMILES string of the molecule is CNC(=O)c1c(-c2ccccc2)nn(C)c1Cl. The molecule has 1 amide bonds. The second kappa shape index (κ2) is 4.59. The van der Waals surface area contributed by atoms with Gasteiger partial charge in [-0.3, -0.25) is 9.48 Å². The third kappa shape index (κ3) is 2.03. The molecule has 0 bridgehead atoms. The van der Waals surface area contributed by atoms with E-state index in [2.05, 4.69) is 10.4 Å². The van der Waals surface area contributed by atoms with Crippen molar-refractivity contribution in [1.29, 1.82) is 0 Å². The highest BCUT2D eigenvalue weighted by atomic mass is 35.5. The minimum atomic E-state index is -0.234. The maximum Gasteiger partial charge on any atom is 0.256 e. The summed E-state index contributed by atoms with van der Waals surface area (Å²) in [6.07, 6.45) is 0. The van der Waals surface area contributed by atoms with Gasteiger partial charge in [0.25, 0.3) is 5.91 Å². The summed E-state index contributed by atoms with van der Waals surface area (Å²) in [6, 6.07) is 9.49. The average molecular weight is 250 g/mol. The molecule has 2 rings (SSSR count). The van der Waals surface area contributed by atoms with Gasteiger partial charge in [-0.2, -0.15) is 5.10 Å². The molecule has 1 aromatic heterocycles. The first-order valence-electron chi connectivity index (χ1n) is 5.15. The lowest BCUT2D eigenvalue weighted by Gasteiger charge is -2.01. The third-order valence-electron chi connectivity index (χ3n) is 2.48. The van der Waals surface area contributed by atoms with Gasteiger partial charge in [-0.15, -0.1) is 0 Å². The maximum atomic E-state index is 11.8. The fourth-order valence-corrected chi connectivity index (χ4v) is 1.84. The van der Waals surface area contributed by atoms with Gasteiger partial charge in [-0.1, -0.05) is 41.9 Å². The van der Waals surface area contributed by atoms with Crippen molar-refractivity contribution in [3.05, 3.63) is 41.0 Å². The normalized spacial score (nSPS) is 10.3. The molecule has 1 heterocycles. The number of aryl methyl sites for hydroxylation is 1. The smallest absolute Gasteiger partial charge is 0.256 e. The van der Waals surface area contributed by atoms with E-state index in [0.29, 0.717) is 16.4 Å². The first-order valence-corrected chi connectivity index (χ1v) is 5.53. The zero-order valence-corrected chi connectivity index (χ0v) is 10.3. The van der Waals surface area contributed by atoms with Gasteiger partial charge in [0.1, 0.15) is 16.4 Å². The lowest BCUT2D eigenvalue weighted by molar-refractivity contribution is 0.0964. The number of nitrogens with one attached hydrogen (secondary N) is 1. The van der Waals surface area contributed by atoms with Crippen LogP contribution in [0, 0.1) is 0 Å². The summed E-state index contributed by atoms with van der Waals surface area (Å²) in [6.45, 7) is 0. The van der Waals surface area contributed by atoms with Crippen LogP contribution in [0.1, 0.15) is 10.4 Å². The van der Waals surface area contributed by atoms with Gasteiger partial charge < -0.3 is 5.32 Å². The summed E-state index contributed by atoms with van der Waals surface area (Å²) in [5, 5.41) is 7.18. The predicted octanol–water partition coefficient (Wildman–Crippen LogP) is 2.10. The van der Waals surface area contributed by atoms with Crippen LogP contribution in [0.2, 0.25) is 5.15 Å². The summed E-state index contributed by atoms with van der Waals surface area (Å²) in [4.78, 5) is 11.8. The van der Waals surface area contributed by atoms with Crippen molar-refractivity contribution in [3.8, 4) is 11.3 Å². The molecule has 0 aliphatic heterocycles.